The fourth-order valence-corrected chi connectivity index (χ4v) is 1.16. The van der Waals surface area contributed by atoms with Gasteiger partial charge in [0.2, 0.25) is 0 Å². The number of ether oxygens (including phenoxy) is 1. The summed E-state index contributed by atoms with van der Waals surface area (Å²) in [4.78, 5) is 11.0. The number of rotatable bonds is 4. The van der Waals surface area contributed by atoms with Crippen LogP contribution in [0.5, 0.6) is 0 Å². The minimum absolute atomic E-state index is 0.0903. The van der Waals surface area contributed by atoms with Crippen molar-refractivity contribution in [3.8, 4) is 0 Å². The second kappa shape index (κ2) is 3.72. The molecular weight excluding hydrogens is 142 g/mol. The molecule has 1 unspecified atom stereocenters. The molecule has 0 aromatic rings. The van der Waals surface area contributed by atoms with Crippen molar-refractivity contribution in [2.24, 2.45) is 5.92 Å². The molecule has 1 aliphatic rings. The number of carbonyl (C=O) groups is 1. The number of methoxy groups -OCH3 is 1. The van der Waals surface area contributed by atoms with Crippen LogP contribution in [0.25, 0.3) is 0 Å². The predicted molar refractivity (Wildman–Crippen MR) is 42.2 cm³/mol. The molecule has 0 aliphatic heterocycles. The van der Waals surface area contributed by atoms with E-state index in [9.17, 15) is 4.79 Å². The topological polar surface area (TPSA) is 38.3 Å². The molecule has 1 rings (SSSR count). The van der Waals surface area contributed by atoms with Crippen molar-refractivity contribution in [1.29, 1.82) is 0 Å². The van der Waals surface area contributed by atoms with E-state index in [1.165, 1.54) is 20.0 Å². The number of nitrogens with one attached hydrogen (secondary N) is 1. The van der Waals surface area contributed by atoms with Crippen molar-refractivity contribution in [2.75, 3.05) is 14.2 Å². The van der Waals surface area contributed by atoms with Crippen molar-refractivity contribution < 1.29 is 9.53 Å². The fraction of sp³-hybridized carbons (Fsp3) is 0.875. The maximum Gasteiger partial charge on any atom is 0.322 e. The van der Waals surface area contributed by atoms with E-state index in [0.29, 0.717) is 0 Å². The Morgan fingerprint density at radius 3 is 2.73 bits per heavy atom. The Hall–Kier alpha value is -0.570. The Bertz CT molecular complexity index is 143. The lowest BCUT2D eigenvalue weighted by Crippen LogP contribution is -2.35. The lowest BCUT2D eigenvalue weighted by Gasteiger charge is -2.11. The lowest BCUT2D eigenvalue weighted by molar-refractivity contribution is -0.143. The second-order valence-electron chi connectivity index (χ2n) is 3.04. The molecule has 0 bridgehead atoms. The summed E-state index contributed by atoms with van der Waals surface area (Å²) >= 11 is 0. The number of carbonyl (C=O) groups excluding carboxylic acids is 1. The predicted octanol–water partition coefficient (Wildman–Crippen LogP) is 0.547. The molecule has 1 fully saturated rings. The maximum absolute atomic E-state index is 11.0. The van der Waals surface area contributed by atoms with Crippen molar-refractivity contribution in [1.82, 2.24) is 5.32 Å². The van der Waals surface area contributed by atoms with E-state index in [2.05, 4.69) is 10.1 Å². The molecule has 0 radical (unpaired) electrons. The Balaban J connectivity index is 2.27. The van der Waals surface area contributed by atoms with Crippen molar-refractivity contribution >= 4 is 5.97 Å². The van der Waals surface area contributed by atoms with Crippen molar-refractivity contribution in [3.05, 3.63) is 0 Å². The van der Waals surface area contributed by atoms with Gasteiger partial charge in [0.25, 0.3) is 0 Å². The Morgan fingerprint density at radius 2 is 2.36 bits per heavy atom. The summed E-state index contributed by atoms with van der Waals surface area (Å²) in [5.41, 5.74) is 0. The smallest absolute Gasteiger partial charge is 0.322 e. The van der Waals surface area contributed by atoms with E-state index in [1.807, 2.05) is 0 Å². The third-order valence-electron chi connectivity index (χ3n) is 2.10. The maximum atomic E-state index is 11.0. The molecule has 64 valence electrons. The first-order valence-electron chi connectivity index (χ1n) is 4.03. The van der Waals surface area contributed by atoms with E-state index >= 15 is 0 Å². The van der Waals surface area contributed by atoms with Gasteiger partial charge in [-0.2, -0.15) is 0 Å². The summed E-state index contributed by atoms with van der Waals surface area (Å²) in [5, 5.41) is 2.95. The quantitative estimate of drug-likeness (QED) is 0.605. The first kappa shape index (κ1) is 8.53. The van der Waals surface area contributed by atoms with Gasteiger partial charge in [-0.25, -0.2) is 0 Å². The summed E-state index contributed by atoms with van der Waals surface area (Å²) in [7, 11) is 3.23. The molecule has 0 aromatic heterocycles. The van der Waals surface area contributed by atoms with E-state index in [4.69, 9.17) is 0 Å². The van der Waals surface area contributed by atoms with E-state index in [1.54, 1.807) is 7.05 Å². The first-order valence-corrected chi connectivity index (χ1v) is 4.03. The lowest BCUT2D eigenvalue weighted by atomic mass is 10.1. The Morgan fingerprint density at radius 1 is 1.73 bits per heavy atom. The molecule has 0 spiro atoms. The van der Waals surface area contributed by atoms with E-state index < -0.39 is 0 Å². The van der Waals surface area contributed by atoms with Crippen LogP contribution in [0.4, 0.5) is 0 Å². The highest BCUT2D eigenvalue weighted by Gasteiger charge is 2.28. The highest BCUT2D eigenvalue weighted by molar-refractivity contribution is 5.75. The third-order valence-corrected chi connectivity index (χ3v) is 2.10. The van der Waals surface area contributed by atoms with Gasteiger partial charge in [-0.3, -0.25) is 4.79 Å². The van der Waals surface area contributed by atoms with Crippen LogP contribution in [0.15, 0.2) is 0 Å². The number of likely N-dealkylation sites (N-methyl/N-ethyl adjacent to an activating group) is 1. The normalized spacial score (nSPS) is 19.5. The Labute approximate surface area is 67.1 Å². The molecule has 11 heavy (non-hydrogen) atoms. The van der Waals surface area contributed by atoms with Gasteiger partial charge < -0.3 is 10.1 Å². The molecule has 1 aliphatic carbocycles. The molecule has 1 saturated carbocycles. The zero-order valence-corrected chi connectivity index (χ0v) is 7.09. The third kappa shape index (κ3) is 2.50. The molecule has 0 saturated heterocycles. The van der Waals surface area contributed by atoms with Crippen LogP contribution in [-0.4, -0.2) is 26.2 Å². The van der Waals surface area contributed by atoms with Crippen LogP contribution in [0, 0.1) is 5.92 Å². The molecule has 1 atom stereocenters. The fourth-order valence-electron chi connectivity index (χ4n) is 1.16. The standard InChI is InChI=1S/C8H15NO2/c1-9-7(8(10)11-2)5-6-3-4-6/h6-7,9H,3-5H2,1-2H3. The van der Waals surface area contributed by atoms with Crippen LogP contribution in [0.2, 0.25) is 0 Å². The number of esters is 1. The van der Waals surface area contributed by atoms with Gasteiger partial charge in [0, 0.05) is 0 Å². The SMILES string of the molecule is CNC(CC1CC1)C(=O)OC. The van der Waals surface area contributed by atoms with Crippen LogP contribution < -0.4 is 5.32 Å². The van der Waals surface area contributed by atoms with Crippen molar-refractivity contribution in [3.63, 3.8) is 0 Å². The highest BCUT2D eigenvalue weighted by Crippen LogP contribution is 2.33. The first-order chi connectivity index (χ1) is 5.27. The average Bonchev–Trinajstić information content (AvgIpc) is 2.82. The zero-order chi connectivity index (χ0) is 8.27. The van der Waals surface area contributed by atoms with Gasteiger partial charge in [0.1, 0.15) is 6.04 Å². The van der Waals surface area contributed by atoms with Gasteiger partial charge in [-0.05, 0) is 19.4 Å². The number of hydrogen-bond donors (Lipinski definition) is 1. The van der Waals surface area contributed by atoms with Crippen LogP contribution in [-0.2, 0) is 9.53 Å². The summed E-state index contributed by atoms with van der Waals surface area (Å²) in [6.45, 7) is 0. The van der Waals surface area contributed by atoms with E-state index in [0.717, 1.165) is 12.3 Å². The Kier molecular flexibility index (Phi) is 2.88. The molecular formula is C8H15NO2. The monoisotopic (exact) mass is 157 g/mol. The molecule has 0 amide bonds. The molecule has 0 aromatic carbocycles. The van der Waals surface area contributed by atoms with Crippen molar-refractivity contribution in [2.45, 2.75) is 25.3 Å². The molecule has 3 heteroatoms. The molecule has 1 N–H and O–H groups in total. The van der Waals surface area contributed by atoms with E-state index in [-0.39, 0.29) is 12.0 Å². The largest absolute Gasteiger partial charge is 0.468 e. The van der Waals surface area contributed by atoms with Gasteiger partial charge >= 0.3 is 5.97 Å². The summed E-state index contributed by atoms with van der Waals surface area (Å²) in [6, 6.07) is -0.0903. The molecule has 0 heterocycles. The minimum atomic E-state index is -0.139. The van der Waals surface area contributed by atoms with Crippen LogP contribution >= 0.6 is 0 Å². The average molecular weight is 157 g/mol. The van der Waals surface area contributed by atoms with Crippen LogP contribution in [0.1, 0.15) is 19.3 Å². The van der Waals surface area contributed by atoms with Gasteiger partial charge in [0.05, 0.1) is 7.11 Å². The zero-order valence-electron chi connectivity index (χ0n) is 7.09. The highest BCUT2D eigenvalue weighted by atomic mass is 16.5. The molecule has 3 nitrogen and oxygen atoms in total. The van der Waals surface area contributed by atoms with Gasteiger partial charge in [-0.15, -0.1) is 0 Å². The van der Waals surface area contributed by atoms with Crippen LogP contribution in [0.3, 0.4) is 0 Å². The summed E-state index contributed by atoms with van der Waals surface area (Å²) in [6.07, 6.45) is 3.48. The summed E-state index contributed by atoms with van der Waals surface area (Å²) in [5.74, 6) is 0.617. The number of hydrogen-bond acceptors (Lipinski definition) is 3. The summed E-state index contributed by atoms with van der Waals surface area (Å²) < 4.78 is 4.63. The minimum Gasteiger partial charge on any atom is -0.468 e. The second-order valence-corrected chi connectivity index (χ2v) is 3.04. The van der Waals surface area contributed by atoms with Gasteiger partial charge in [0.15, 0.2) is 0 Å². The van der Waals surface area contributed by atoms with Gasteiger partial charge in [-0.1, -0.05) is 12.8 Å².